The van der Waals surface area contributed by atoms with E-state index in [2.05, 4.69) is 5.32 Å². The Labute approximate surface area is 181 Å². The summed E-state index contributed by atoms with van der Waals surface area (Å²) >= 11 is 7.67. The molecule has 0 fully saturated rings. The molecule has 3 aromatic rings. The molecule has 1 aromatic heterocycles. The Morgan fingerprint density at radius 1 is 0.933 bits per heavy atom. The van der Waals surface area contributed by atoms with E-state index in [1.54, 1.807) is 42.5 Å². The van der Waals surface area contributed by atoms with E-state index in [1.807, 2.05) is 17.5 Å². The molecule has 0 radical (unpaired) electrons. The summed E-state index contributed by atoms with van der Waals surface area (Å²) in [4.78, 5) is 28.5. The number of amides is 2. The van der Waals surface area contributed by atoms with Crippen LogP contribution in [0, 0.1) is 0 Å². The summed E-state index contributed by atoms with van der Waals surface area (Å²) in [6, 6.07) is 15.7. The summed E-state index contributed by atoms with van der Waals surface area (Å²) in [6.45, 7) is 0.949. The third-order valence-corrected chi connectivity index (χ3v) is 5.96. The number of carbonyl (C=O) groups is 2. The highest BCUT2D eigenvalue weighted by atomic mass is 35.5. The molecule has 3 heterocycles. The van der Waals surface area contributed by atoms with Gasteiger partial charge in [0.25, 0.3) is 11.8 Å². The van der Waals surface area contributed by atoms with E-state index < -0.39 is 11.8 Å². The molecule has 30 heavy (non-hydrogen) atoms. The number of hydrogen-bond donors (Lipinski definition) is 1. The molecule has 8 heteroatoms. The first-order valence-electron chi connectivity index (χ1n) is 9.21. The molecule has 1 N–H and O–H groups in total. The number of benzene rings is 2. The second-order valence-corrected chi connectivity index (χ2v) is 7.96. The molecule has 2 aliphatic heterocycles. The first-order chi connectivity index (χ1) is 14.6. The summed E-state index contributed by atoms with van der Waals surface area (Å²) in [5.74, 6) is 0.344. The van der Waals surface area contributed by atoms with Crippen molar-refractivity contribution in [2.75, 3.05) is 23.4 Å². The van der Waals surface area contributed by atoms with Crippen molar-refractivity contribution in [1.82, 2.24) is 0 Å². The number of hydrogen-bond acceptors (Lipinski definition) is 6. The number of imide groups is 1. The third-order valence-electron chi connectivity index (χ3n) is 4.76. The van der Waals surface area contributed by atoms with Crippen molar-refractivity contribution < 1.29 is 19.1 Å². The lowest BCUT2D eigenvalue weighted by molar-refractivity contribution is -0.120. The van der Waals surface area contributed by atoms with E-state index in [4.69, 9.17) is 21.1 Å². The van der Waals surface area contributed by atoms with Gasteiger partial charge in [-0.25, -0.2) is 4.90 Å². The van der Waals surface area contributed by atoms with Crippen LogP contribution in [-0.2, 0) is 9.59 Å². The first-order valence-corrected chi connectivity index (χ1v) is 10.5. The van der Waals surface area contributed by atoms with Crippen molar-refractivity contribution >= 4 is 51.7 Å². The quantitative estimate of drug-likeness (QED) is 0.604. The normalized spacial score (nSPS) is 15.7. The number of ether oxygens (including phenoxy) is 2. The summed E-state index contributed by atoms with van der Waals surface area (Å²) < 4.78 is 11.2. The van der Waals surface area contributed by atoms with Crippen molar-refractivity contribution in [1.29, 1.82) is 0 Å². The van der Waals surface area contributed by atoms with Gasteiger partial charge in [0.2, 0.25) is 0 Å². The topological polar surface area (TPSA) is 67.9 Å². The van der Waals surface area contributed by atoms with Crippen LogP contribution in [0.5, 0.6) is 11.5 Å². The van der Waals surface area contributed by atoms with Gasteiger partial charge in [0.05, 0.1) is 16.3 Å². The van der Waals surface area contributed by atoms with Gasteiger partial charge in [-0.3, -0.25) is 9.59 Å². The molecule has 150 valence electrons. The van der Waals surface area contributed by atoms with Gasteiger partial charge in [-0.2, -0.15) is 0 Å². The van der Waals surface area contributed by atoms with Crippen LogP contribution in [0.4, 0.5) is 11.4 Å². The first kappa shape index (κ1) is 18.7. The minimum absolute atomic E-state index is 0.194. The average Bonchev–Trinajstić information content (AvgIpc) is 3.36. The Bertz CT molecular complexity index is 1190. The van der Waals surface area contributed by atoms with E-state index in [1.165, 1.54) is 11.3 Å². The van der Waals surface area contributed by atoms with E-state index >= 15 is 0 Å². The van der Waals surface area contributed by atoms with Crippen LogP contribution < -0.4 is 19.7 Å². The molecule has 5 rings (SSSR count). The van der Waals surface area contributed by atoms with Crippen LogP contribution in [-0.4, -0.2) is 25.0 Å². The Morgan fingerprint density at radius 3 is 2.50 bits per heavy atom. The number of fused-ring (bicyclic) bond motifs is 1. The van der Waals surface area contributed by atoms with E-state index in [-0.39, 0.29) is 5.70 Å². The van der Waals surface area contributed by atoms with E-state index in [9.17, 15) is 9.59 Å². The molecule has 6 nitrogen and oxygen atoms in total. The van der Waals surface area contributed by atoms with Gasteiger partial charge in [0.1, 0.15) is 18.9 Å². The second kappa shape index (κ2) is 7.51. The fraction of sp³-hybridized carbons (Fsp3) is 0.0909. The van der Waals surface area contributed by atoms with Crippen molar-refractivity contribution in [2.24, 2.45) is 0 Å². The van der Waals surface area contributed by atoms with Crippen LogP contribution >= 0.6 is 22.9 Å². The molecule has 2 aromatic carbocycles. The highest BCUT2D eigenvalue weighted by Gasteiger charge is 2.41. The molecule has 0 saturated carbocycles. The maximum absolute atomic E-state index is 13.3. The lowest BCUT2D eigenvalue weighted by Crippen LogP contribution is -2.32. The zero-order valence-electron chi connectivity index (χ0n) is 15.6. The van der Waals surface area contributed by atoms with Crippen molar-refractivity contribution in [2.45, 2.75) is 0 Å². The highest BCUT2D eigenvalue weighted by molar-refractivity contribution is 7.11. The number of rotatable bonds is 4. The summed E-state index contributed by atoms with van der Waals surface area (Å²) in [5.41, 5.74) is 1.47. The molecular formula is C22H15ClN2O4S. The number of carbonyl (C=O) groups excluding carboxylic acids is 2. The van der Waals surface area contributed by atoms with Gasteiger partial charge in [-0.1, -0.05) is 29.8 Å². The molecule has 2 aliphatic rings. The second-order valence-electron chi connectivity index (χ2n) is 6.61. The van der Waals surface area contributed by atoms with Gasteiger partial charge in [-0.15, -0.1) is 11.3 Å². The Balaban J connectivity index is 1.57. The van der Waals surface area contributed by atoms with Crippen molar-refractivity contribution in [3.05, 3.63) is 75.6 Å². The smallest absolute Gasteiger partial charge is 0.282 e. The number of para-hydroxylation sites is 1. The van der Waals surface area contributed by atoms with Crippen LogP contribution in [0.15, 0.2) is 65.7 Å². The van der Waals surface area contributed by atoms with Gasteiger partial charge in [0.15, 0.2) is 11.5 Å². The number of halogens is 1. The standard InChI is InChI=1S/C22H15ClN2O4S/c23-14-4-1-2-5-15(14)25-21(26)19(18-6-3-11-30-18)20(22(25)27)24-13-7-8-16-17(12-13)29-10-9-28-16/h1-8,11-12,24H,9-10H2. The highest BCUT2D eigenvalue weighted by Crippen LogP contribution is 2.39. The van der Waals surface area contributed by atoms with Gasteiger partial charge in [-0.05, 0) is 35.7 Å². The number of nitrogens with zero attached hydrogens (tertiary/aromatic N) is 1. The zero-order chi connectivity index (χ0) is 20.7. The van der Waals surface area contributed by atoms with Crippen molar-refractivity contribution in [3.63, 3.8) is 0 Å². The van der Waals surface area contributed by atoms with Crippen LogP contribution in [0.25, 0.3) is 5.57 Å². The summed E-state index contributed by atoms with van der Waals surface area (Å²) in [6.07, 6.45) is 0. The number of nitrogens with one attached hydrogen (secondary N) is 1. The molecule has 0 unspecified atom stereocenters. The largest absolute Gasteiger partial charge is 0.486 e. The average molecular weight is 439 g/mol. The molecular weight excluding hydrogens is 424 g/mol. The summed E-state index contributed by atoms with van der Waals surface area (Å²) in [7, 11) is 0. The van der Waals surface area contributed by atoms with Crippen LogP contribution in [0.1, 0.15) is 4.88 Å². The minimum atomic E-state index is -0.466. The molecule has 0 aliphatic carbocycles. The summed E-state index contributed by atoms with van der Waals surface area (Å²) in [5, 5.41) is 5.31. The third kappa shape index (κ3) is 3.12. The molecule has 0 spiro atoms. The molecule has 0 saturated heterocycles. The predicted octanol–water partition coefficient (Wildman–Crippen LogP) is 4.57. The predicted molar refractivity (Wildman–Crippen MR) is 116 cm³/mol. The zero-order valence-corrected chi connectivity index (χ0v) is 17.1. The number of thiophene rings is 1. The fourth-order valence-corrected chi connectivity index (χ4v) is 4.40. The van der Waals surface area contributed by atoms with Gasteiger partial charge >= 0.3 is 0 Å². The monoisotopic (exact) mass is 438 g/mol. The minimum Gasteiger partial charge on any atom is -0.486 e. The Kier molecular flexibility index (Phi) is 4.69. The van der Waals surface area contributed by atoms with Crippen molar-refractivity contribution in [3.8, 4) is 11.5 Å². The van der Waals surface area contributed by atoms with E-state index in [0.29, 0.717) is 51.6 Å². The van der Waals surface area contributed by atoms with Crippen LogP contribution in [0.2, 0.25) is 5.02 Å². The van der Waals surface area contributed by atoms with Crippen LogP contribution in [0.3, 0.4) is 0 Å². The lowest BCUT2D eigenvalue weighted by atomic mass is 10.1. The molecule has 0 bridgehead atoms. The lowest BCUT2D eigenvalue weighted by Gasteiger charge is -2.19. The molecule has 2 amide bonds. The Morgan fingerprint density at radius 2 is 1.73 bits per heavy atom. The maximum atomic E-state index is 13.3. The maximum Gasteiger partial charge on any atom is 0.282 e. The molecule has 0 atom stereocenters. The SMILES string of the molecule is O=C1C(Nc2ccc3c(c2)OCCO3)=C(c2cccs2)C(=O)N1c1ccccc1Cl. The van der Waals surface area contributed by atoms with Gasteiger partial charge in [0, 0.05) is 16.6 Å². The Hall–Kier alpha value is -3.29. The van der Waals surface area contributed by atoms with E-state index in [0.717, 1.165) is 4.90 Å². The number of anilines is 2. The fourth-order valence-electron chi connectivity index (χ4n) is 3.41. The van der Waals surface area contributed by atoms with Gasteiger partial charge < -0.3 is 14.8 Å².